The van der Waals surface area contributed by atoms with Crippen molar-refractivity contribution in [3.8, 4) is 11.5 Å². The van der Waals surface area contributed by atoms with Crippen molar-refractivity contribution in [2.24, 2.45) is 7.05 Å². The minimum absolute atomic E-state index is 0.200. The number of benzene rings is 2. The number of carbonyl (C=O) groups excluding carboxylic acids is 1. The van der Waals surface area contributed by atoms with Crippen LogP contribution in [0.2, 0.25) is 0 Å². The molecule has 116 valence electrons. The van der Waals surface area contributed by atoms with Gasteiger partial charge >= 0.3 is 5.97 Å². The fourth-order valence-corrected chi connectivity index (χ4v) is 2.17. The lowest BCUT2D eigenvalue weighted by atomic mass is 10.2. The van der Waals surface area contributed by atoms with Crippen molar-refractivity contribution in [3.63, 3.8) is 0 Å². The van der Waals surface area contributed by atoms with Crippen LogP contribution in [0.5, 0.6) is 11.5 Å². The van der Waals surface area contributed by atoms with Gasteiger partial charge in [0.1, 0.15) is 11.5 Å². The molecule has 0 aliphatic rings. The van der Waals surface area contributed by atoms with E-state index in [9.17, 15) is 9.59 Å². The lowest BCUT2D eigenvalue weighted by Crippen LogP contribution is -2.17. The Morgan fingerprint density at radius 2 is 1.96 bits per heavy atom. The first kappa shape index (κ1) is 14.8. The molecule has 6 nitrogen and oxygen atoms in total. The van der Waals surface area contributed by atoms with E-state index in [4.69, 9.17) is 9.47 Å². The lowest BCUT2D eigenvalue weighted by Gasteiger charge is -2.07. The average Bonchev–Trinajstić information content (AvgIpc) is 2.58. The van der Waals surface area contributed by atoms with Crippen molar-refractivity contribution in [1.29, 1.82) is 0 Å². The Kier molecular flexibility index (Phi) is 3.80. The second-order valence-corrected chi connectivity index (χ2v) is 4.96. The van der Waals surface area contributed by atoms with Crippen LogP contribution in [0.1, 0.15) is 10.4 Å². The number of rotatable bonds is 3. The summed E-state index contributed by atoms with van der Waals surface area (Å²) in [7, 11) is 3.14. The molecule has 1 heterocycles. The van der Waals surface area contributed by atoms with Gasteiger partial charge in [-0.15, -0.1) is 0 Å². The summed E-state index contributed by atoms with van der Waals surface area (Å²) in [6.45, 7) is 0. The number of fused-ring (bicyclic) bond motifs is 1. The van der Waals surface area contributed by atoms with Gasteiger partial charge < -0.3 is 14.0 Å². The molecule has 0 saturated heterocycles. The molecule has 0 amide bonds. The molecule has 0 atom stereocenters. The van der Waals surface area contributed by atoms with Crippen LogP contribution in [-0.4, -0.2) is 22.6 Å². The highest BCUT2D eigenvalue weighted by Gasteiger charge is 2.11. The zero-order chi connectivity index (χ0) is 16.4. The number of hydrogen-bond donors (Lipinski definition) is 0. The second-order valence-electron chi connectivity index (χ2n) is 4.96. The van der Waals surface area contributed by atoms with Crippen molar-refractivity contribution in [2.45, 2.75) is 0 Å². The Labute approximate surface area is 131 Å². The quantitative estimate of drug-likeness (QED) is 0.547. The van der Waals surface area contributed by atoms with Crippen molar-refractivity contribution < 1.29 is 14.3 Å². The van der Waals surface area contributed by atoms with E-state index in [1.54, 1.807) is 43.4 Å². The topological polar surface area (TPSA) is 70.4 Å². The average molecular weight is 310 g/mol. The summed E-state index contributed by atoms with van der Waals surface area (Å²) >= 11 is 0. The van der Waals surface area contributed by atoms with Gasteiger partial charge in [-0.3, -0.25) is 4.79 Å². The van der Waals surface area contributed by atoms with Gasteiger partial charge in [0.2, 0.25) is 0 Å². The molecule has 0 spiro atoms. The summed E-state index contributed by atoms with van der Waals surface area (Å²) in [4.78, 5) is 28.4. The summed E-state index contributed by atoms with van der Waals surface area (Å²) in [6, 6.07) is 11.4. The number of methoxy groups -OCH3 is 1. The highest BCUT2D eigenvalue weighted by Crippen LogP contribution is 2.19. The van der Waals surface area contributed by atoms with Crippen molar-refractivity contribution in [2.75, 3.05) is 7.11 Å². The minimum atomic E-state index is -0.524. The molecule has 0 N–H and O–H groups in total. The molecule has 23 heavy (non-hydrogen) atoms. The maximum Gasteiger partial charge on any atom is 0.343 e. The van der Waals surface area contributed by atoms with E-state index >= 15 is 0 Å². The Balaban J connectivity index is 1.93. The fourth-order valence-electron chi connectivity index (χ4n) is 2.17. The van der Waals surface area contributed by atoms with Gasteiger partial charge in [-0.2, -0.15) is 0 Å². The number of nitrogens with zero attached hydrogens (tertiary/aromatic N) is 2. The van der Waals surface area contributed by atoms with E-state index < -0.39 is 5.97 Å². The Morgan fingerprint density at radius 1 is 1.13 bits per heavy atom. The van der Waals surface area contributed by atoms with Crippen LogP contribution in [0.25, 0.3) is 10.9 Å². The number of ether oxygens (including phenoxy) is 2. The molecule has 2 aromatic carbocycles. The molecule has 3 aromatic rings. The standard InChI is InChI=1S/C17H14N2O4/c1-19-10-18-15-7-6-13(9-14(15)16(19)20)23-17(21)11-4-3-5-12(8-11)22-2/h3-10H,1-2H3. The first-order valence-electron chi connectivity index (χ1n) is 6.90. The summed E-state index contributed by atoms with van der Waals surface area (Å²) in [5.41, 5.74) is 0.715. The van der Waals surface area contributed by atoms with Crippen LogP contribution >= 0.6 is 0 Å². The third-order valence-electron chi connectivity index (χ3n) is 3.40. The number of aromatic nitrogens is 2. The predicted molar refractivity (Wildman–Crippen MR) is 84.9 cm³/mol. The van der Waals surface area contributed by atoms with E-state index in [1.165, 1.54) is 24.1 Å². The highest BCUT2D eigenvalue weighted by molar-refractivity contribution is 5.92. The minimum Gasteiger partial charge on any atom is -0.497 e. The zero-order valence-corrected chi connectivity index (χ0v) is 12.6. The zero-order valence-electron chi connectivity index (χ0n) is 12.6. The molecular weight excluding hydrogens is 296 g/mol. The molecule has 6 heteroatoms. The van der Waals surface area contributed by atoms with Crippen LogP contribution in [-0.2, 0) is 7.05 Å². The smallest absolute Gasteiger partial charge is 0.343 e. The molecule has 0 radical (unpaired) electrons. The SMILES string of the molecule is COc1cccc(C(=O)Oc2ccc3ncn(C)c(=O)c3c2)c1. The van der Waals surface area contributed by atoms with E-state index in [-0.39, 0.29) is 11.3 Å². The molecule has 0 aliphatic heterocycles. The lowest BCUT2D eigenvalue weighted by molar-refractivity contribution is 0.0734. The molecule has 0 aliphatic carbocycles. The number of esters is 1. The molecule has 3 rings (SSSR count). The molecule has 0 fully saturated rings. The third kappa shape index (κ3) is 2.91. The number of carbonyl (C=O) groups is 1. The monoisotopic (exact) mass is 310 g/mol. The first-order chi connectivity index (χ1) is 11.1. The molecule has 1 aromatic heterocycles. The Morgan fingerprint density at radius 3 is 2.74 bits per heavy atom. The van der Waals surface area contributed by atoms with Crippen LogP contribution in [0.3, 0.4) is 0 Å². The van der Waals surface area contributed by atoms with Gasteiger partial charge in [0.15, 0.2) is 0 Å². The number of hydrogen-bond acceptors (Lipinski definition) is 5. The van der Waals surface area contributed by atoms with E-state index in [0.717, 1.165) is 0 Å². The van der Waals surface area contributed by atoms with Gasteiger partial charge in [0, 0.05) is 7.05 Å². The van der Waals surface area contributed by atoms with E-state index in [2.05, 4.69) is 4.98 Å². The Hall–Kier alpha value is -3.15. The van der Waals surface area contributed by atoms with Gasteiger partial charge in [0.05, 0.1) is 29.9 Å². The number of aryl methyl sites for hydroxylation is 1. The van der Waals surface area contributed by atoms with Gasteiger partial charge in [-0.05, 0) is 36.4 Å². The predicted octanol–water partition coefficient (Wildman–Crippen LogP) is 2.16. The second kappa shape index (κ2) is 5.92. The maximum absolute atomic E-state index is 12.2. The van der Waals surface area contributed by atoms with Crippen molar-refractivity contribution >= 4 is 16.9 Å². The molecule has 0 bridgehead atoms. The first-order valence-corrected chi connectivity index (χ1v) is 6.90. The van der Waals surface area contributed by atoms with Crippen LogP contribution < -0.4 is 15.0 Å². The largest absolute Gasteiger partial charge is 0.497 e. The molecular formula is C17H14N2O4. The molecule has 0 saturated carbocycles. The van der Waals surface area contributed by atoms with Crippen LogP contribution in [0.4, 0.5) is 0 Å². The third-order valence-corrected chi connectivity index (χ3v) is 3.40. The van der Waals surface area contributed by atoms with Crippen LogP contribution in [0.15, 0.2) is 53.6 Å². The highest BCUT2D eigenvalue weighted by atomic mass is 16.5. The van der Waals surface area contributed by atoms with Gasteiger partial charge in [-0.25, -0.2) is 9.78 Å². The fraction of sp³-hybridized carbons (Fsp3) is 0.118. The summed E-state index contributed by atoms with van der Waals surface area (Å²) in [5.74, 6) is 0.329. The van der Waals surface area contributed by atoms with E-state index in [0.29, 0.717) is 22.2 Å². The van der Waals surface area contributed by atoms with Crippen molar-refractivity contribution in [3.05, 3.63) is 64.7 Å². The summed E-state index contributed by atoms with van der Waals surface area (Å²) in [6.07, 6.45) is 1.45. The van der Waals surface area contributed by atoms with Crippen LogP contribution in [0, 0.1) is 0 Å². The normalized spacial score (nSPS) is 10.5. The summed E-state index contributed by atoms with van der Waals surface area (Å²) in [5, 5.41) is 0.394. The maximum atomic E-state index is 12.2. The van der Waals surface area contributed by atoms with Gasteiger partial charge in [-0.1, -0.05) is 6.07 Å². The van der Waals surface area contributed by atoms with Crippen molar-refractivity contribution in [1.82, 2.24) is 9.55 Å². The Bertz CT molecular complexity index is 947. The van der Waals surface area contributed by atoms with Gasteiger partial charge in [0.25, 0.3) is 5.56 Å². The molecule has 0 unspecified atom stereocenters. The summed E-state index contributed by atoms with van der Waals surface area (Å²) < 4.78 is 11.8. The van der Waals surface area contributed by atoms with E-state index in [1.807, 2.05) is 0 Å².